The first-order valence-electron chi connectivity index (χ1n) is 11.5. The zero-order valence-electron chi connectivity index (χ0n) is 17.4. The van der Waals surface area contributed by atoms with Crippen molar-refractivity contribution < 1.29 is 14.3 Å². The highest BCUT2D eigenvalue weighted by molar-refractivity contribution is 5.83. The van der Waals surface area contributed by atoms with Crippen LogP contribution in [0.25, 0.3) is 0 Å². The Balaban J connectivity index is 1.09. The molecule has 28 heavy (non-hydrogen) atoms. The summed E-state index contributed by atoms with van der Waals surface area (Å²) in [4.78, 5) is 31.7. The maximum Gasteiger partial charge on any atom is 0.409 e. The van der Waals surface area contributed by atoms with Gasteiger partial charge in [-0.05, 0) is 69.6 Å². The van der Waals surface area contributed by atoms with Crippen LogP contribution in [-0.2, 0) is 9.53 Å². The number of hydrogen-bond donors (Lipinski definition) is 0. The predicted molar refractivity (Wildman–Crippen MR) is 106 cm³/mol. The standard InChI is InChI=1S/C22H35N3O3/c1-3-28-21(27)23-9-7-22(14-23)10-16(11-22)24-12-17-18(13-24)19(17)20(26)25-8-5-4-6-15(25)2/h15-19H,3-14H2,1-2H3/t15-,16?,17?,18?,19?,22?/m0/s1. The van der Waals surface area contributed by atoms with Gasteiger partial charge in [-0.1, -0.05) is 0 Å². The molecule has 5 fully saturated rings. The monoisotopic (exact) mass is 389 g/mol. The second-order valence-electron chi connectivity index (χ2n) is 10.1. The predicted octanol–water partition coefficient (Wildman–Crippen LogP) is 2.58. The molecule has 2 amide bonds. The molecule has 3 atom stereocenters. The first kappa shape index (κ1) is 18.7. The smallest absolute Gasteiger partial charge is 0.409 e. The maximum absolute atomic E-state index is 13.0. The number of piperidine rings is 2. The van der Waals surface area contributed by atoms with Crippen LogP contribution in [0.15, 0.2) is 0 Å². The lowest BCUT2D eigenvalue weighted by Gasteiger charge is -2.49. The molecule has 6 heteroatoms. The van der Waals surface area contributed by atoms with Gasteiger partial charge < -0.3 is 14.5 Å². The number of rotatable bonds is 3. The van der Waals surface area contributed by atoms with E-state index in [9.17, 15) is 9.59 Å². The molecule has 3 aliphatic heterocycles. The number of ether oxygens (including phenoxy) is 1. The largest absolute Gasteiger partial charge is 0.450 e. The van der Waals surface area contributed by atoms with Crippen LogP contribution in [0.5, 0.6) is 0 Å². The van der Waals surface area contributed by atoms with Gasteiger partial charge >= 0.3 is 6.09 Å². The summed E-state index contributed by atoms with van der Waals surface area (Å²) in [5.74, 6) is 1.99. The summed E-state index contributed by atoms with van der Waals surface area (Å²) in [7, 11) is 0. The molecule has 5 rings (SSSR count). The van der Waals surface area contributed by atoms with Crippen LogP contribution in [0, 0.1) is 23.2 Å². The zero-order valence-corrected chi connectivity index (χ0v) is 17.4. The van der Waals surface area contributed by atoms with Crippen molar-refractivity contribution in [3.8, 4) is 0 Å². The van der Waals surface area contributed by atoms with Crippen molar-refractivity contribution >= 4 is 12.0 Å². The van der Waals surface area contributed by atoms with E-state index in [4.69, 9.17) is 4.74 Å². The summed E-state index contributed by atoms with van der Waals surface area (Å²) in [5.41, 5.74) is 0.336. The van der Waals surface area contributed by atoms with Crippen LogP contribution in [-0.4, -0.2) is 78.1 Å². The van der Waals surface area contributed by atoms with Crippen LogP contribution in [0.2, 0.25) is 0 Å². The molecule has 2 saturated carbocycles. The van der Waals surface area contributed by atoms with Gasteiger partial charge in [0.2, 0.25) is 5.91 Å². The van der Waals surface area contributed by atoms with Crippen LogP contribution in [0.1, 0.15) is 52.4 Å². The van der Waals surface area contributed by atoms with E-state index in [-0.39, 0.29) is 6.09 Å². The molecule has 3 heterocycles. The Morgan fingerprint density at radius 3 is 2.54 bits per heavy atom. The van der Waals surface area contributed by atoms with Crippen LogP contribution < -0.4 is 0 Å². The van der Waals surface area contributed by atoms with E-state index in [0.717, 1.165) is 39.1 Å². The Labute approximate surface area is 168 Å². The van der Waals surface area contributed by atoms with Crippen LogP contribution >= 0.6 is 0 Å². The van der Waals surface area contributed by atoms with Gasteiger partial charge in [0.1, 0.15) is 0 Å². The highest BCUT2D eigenvalue weighted by Gasteiger charge is 2.63. The summed E-state index contributed by atoms with van der Waals surface area (Å²) >= 11 is 0. The normalized spacial score (nSPS) is 42.4. The quantitative estimate of drug-likeness (QED) is 0.744. The molecule has 0 radical (unpaired) electrons. The molecule has 5 aliphatic rings. The van der Waals surface area contributed by atoms with E-state index in [1.807, 2.05) is 11.8 Å². The highest BCUT2D eigenvalue weighted by Crippen LogP contribution is 2.57. The summed E-state index contributed by atoms with van der Waals surface area (Å²) < 4.78 is 5.17. The number of carbonyl (C=O) groups is 2. The second kappa shape index (κ2) is 6.89. The SMILES string of the molecule is CCOC(=O)N1CCC2(CC(N3CC4C(C3)C4C(=O)N3CCCC[C@@H]3C)C2)C1. The summed E-state index contributed by atoms with van der Waals surface area (Å²) in [6.07, 6.45) is 7.03. The highest BCUT2D eigenvalue weighted by atomic mass is 16.6. The molecule has 156 valence electrons. The molecule has 6 nitrogen and oxygen atoms in total. The number of fused-ring (bicyclic) bond motifs is 1. The molecule has 0 N–H and O–H groups in total. The van der Waals surface area contributed by atoms with Gasteiger partial charge in [-0.15, -0.1) is 0 Å². The van der Waals surface area contributed by atoms with Crippen molar-refractivity contribution in [1.29, 1.82) is 0 Å². The molecule has 0 aromatic heterocycles. The summed E-state index contributed by atoms with van der Waals surface area (Å²) in [6.45, 7) is 9.47. The Kier molecular flexibility index (Phi) is 4.61. The average molecular weight is 390 g/mol. The lowest BCUT2D eigenvalue weighted by atomic mass is 9.64. The van der Waals surface area contributed by atoms with E-state index >= 15 is 0 Å². The second-order valence-corrected chi connectivity index (χ2v) is 10.1. The van der Waals surface area contributed by atoms with Crippen molar-refractivity contribution in [2.75, 3.05) is 39.3 Å². The zero-order chi connectivity index (χ0) is 19.5. The minimum Gasteiger partial charge on any atom is -0.450 e. The number of amides is 2. The molecule has 0 aromatic carbocycles. The summed E-state index contributed by atoms with van der Waals surface area (Å²) in [6, 6.07) is 1.11. The van der Waals surface area contributed by atoms with Crippen molar-refractivity contribution in [3.05, 3.63) is 0 Å². The number of carbonyl (C=O) groups excluding carboxylic acids is 2. The Hall–Kier alpha value is -1.30. The van der Waals surface area contributed by atoms with Gasteiger partial charge in [0.25, 0.3) is 0 Å². The van der Waals surface area contributed by atoms with Crippen molar-refractivity contribution in [2.45, 2.75) is 64.5 Å². The van der Waals surface area contributed by atoms with Gasteiger partial charge in [0, 0.05) is 50.7 Å². The fourth-order valence-electron chi connectivity index (χ4n) is 6.68. The van der Waals surface area contributed by atoms with E-state index in [2.05, 4.69) is 16.7 Å². The van der Waals surface area contributed by atoms with Crippen molar-refractivity contribution in [2.24, 2.45) is 23.2 Å². The number of nitrogens with zero attached hydrogens (tertiary/aromatic N) is 3. The fraction of sp³-hybridized carbons (Fsp3) is 0.909. The van der Waals surface area contributed by atoms with Crippen LogP contribution in [0.3, 0.4) is 0 Å². The van der Waals surface area contributed by atoms with Gasteiger partial charge in [0.15, 0.2) is 0 Å². The van der Waals surface area contributed by atoms with E-state index in [1.165, 1.54) is 32.1 Å². The van der Waals surface area contributed by atoms with E-state index in [1.54, 1.807) is 0 Å². The third kappa shape index (κ3) is 3.03. The van der Waals surface area contributed by atoms with Gasteiger partial charge in [-0.3, -0.25) is 9.69 Å². The maximum atomic E-state index is 13.0. The first-order chi connectivity index (χ1) is 13.5. The molecule has 2 unspecified atom stereocenters. The molecule has 3 saturated heterocycles. The molecule has 1 spiro atoms. The topological polar surface area (TPSA) is 53.1 Å². The van der Waals surface area contributed by atoms with E-state index < -0.39 is 0 Å². The minimum atomic E-state index is -0.140. The first-order valence-corrected chi connectivity index (χ1v) is 11.5. The molecule has 2 aliphatic carbocycles. The Bertz CT molecular complexity index is 635. The third-order valence-electron chi connectivity index (χ3n) is 8.41. The average Bonchev–Trinajstić information content (AvgIpc) is 3.00. The van der Waals surface area contributed by atoms with Gasteiger partial charge in [-0.2, -0.15) is 0 Å². The Morgan fingerprint density at radius 1 is 1.11 bits per heavy atom. The Morgan fingerprint density at radius 2 is 1.86 bits per heavy atom. The van der Waals surface area contributed by atoms with Crippen molar-refractivity contribution in [1.82, 2.24) is 14.7 Å². The lowest BCUT2D eigenvalue weighted by Crippen LogP contribution is -2.52. The minimum absolute atomic E-state index is 0.140. The molecular weight excluding hydrogens is 354 g/mol. The molecule has 0 aromatic rings. The van der Waals surface area contributed by atoms with E-state index in [0.29, 0.717) is 47.8 Å². The number of hydrogen-bond acceptors (Lipinski definition) is 4. The molecular formula is C22H35N3O3. The van der Waals surface area contributed by atoms with Gasteiger partial charge in [0.05, 0.1) is 6.61 Å². The number of likely N-dealkylation sites (tertiary alicyclic amines) is 3. The molecule has 0 bridgehead atoms. The lowest BCUT2D eigenvalue weighted by molar-refractivity contribution is -0.137. The van der Waals surface area contributed by atoms with Gasteiger partial charge in [-0.25, -0.2) is 4.79 Å². The van der Waals surface area contributed by atoms with Crippen molar-refractivity contribution in [3.63, 3.8) is 0 Å². The fourth-order valence-corrected chi connectivity index (χ4v) is 6.68. The van der Waals surface area contributed by atoms with Crippen LogP contribution in [0.4, 0.5) is 4.79 Å². The third-order valence-corrected chi connectivity index (χ3v) is 8.41. The summed E-state index contributed by atoms with van der Waals surface area (Å²) in [5, 5.41) is 0.